The average molecular weight is 213 g/mol. The van der Waals surface area contributed by atoms with Gasteiger partial charge >= 0.3 is 0 Å². The zero-order valence-corrected chi connectivity index (χ0v) is 9.14. The third-order valence-corrected chi connectivity index (χ3v) is 2.61. The maximum Gasteiger partial charge on any atom is 0.192 e. The van der Waals surface area contributed by atoms with Crippen LogP contribution in [0.3, 0.4) is 0 Å². The maximum atomic E-state index is 5.51. The van der Waals surface area contributed by atoms with Crippen LogP contribution in [0.25, 0.3) is 22.4 Å². The number of benzene rings is 1. The largest absolute Gasteiger partial charge is 0.441 e. The fourth-order valence-corrected chi connectivity index (χ4v) is 1.86. The summed E-state index contributed by atoms with van der Waals surface area (Å²) in [6, 6.07) is 7.96. The first-order valence-electron chi connectivity index (χ1n) is 5.09. The summed E-state index contributed by atoms with van der Waals surface area (Å²) in [5.74, 6) is 0.692. The van der Waals surface area contributed by atoms with Crippen LogP contribution < -0.4 is 0 Å². The number of oxazole rings is 1. The molecule has 4 nitrogen and oxygen atoms in total. The van der Waals surface area contributed by atoms with Crippen molar-refractivity contribution in [2.24, 2.45) is 7.05 Å². The molecule has 0 saturated carbocycles. The predicted octanol–water partition coefficient (Wildman–Crippen LogP) is 2.54. The Morgan fingerprint density at radius 3 is 2.88 bits per heavy atom. The maximum absolute atomic E-state index is 5.51. The van der Waals surface area contributed by atoms with Crippen molar-refractivity contribution >= 4 is 11.1 Å². The fourth-order valence-electron chi connectivity index (χ4n) is 1.86. The number of hydrogen-bond acceptors (Lipinski definition) is 3. The van der Waals surface area contributed by atoms with Gasteiger partial charge in [-0.3, -0.25) is 4.68 Å². The van der Waals surface area contributed by atoms with Crippen molar-refractivity contribution in [3.05, 3.63) is 36.4 Å². The molecule has 3 rings (SSSR count). The molecule has 0 radical (unpaired) electrons. The van der Waals surface area contributed by atoms with Gasteiger partial charge in [0, 0.05) is 25.7 Å². The molecular formula is C12H11N3O. The Hall–Kier alpha value is -2.10. The van der Waals surface area contributed by atoms with Crippen molar-refractivity contribution in [2.75, 3.05) is 0 Å². The normalized spacial score (nSPS) is 11.1. The third kappa shape index (κ3) is 1.31. The molecule has 0 bridgehead atoms. The second kappa shape index (κ2) is 3.20. The van der Waals surface area contributed by atoms with Crippen LogP contribution in [-0.2, 0) is 7.05 Å². The molecule has 4 heteroatoms. The van der Waals surface area contributed by atoms with Gasteiger partial charge in [0.2, 0.25) is 0 Å². The minimum atomic E-state index is 0.692. The van der Waals surface area contributed by atoms with Gasteiger partial charge in [-0.05, 0) is 18.2 Å². The number of aromatic nitrogens is 3. The summed E-state index contributed by atoms with van der Waals surface area (Å²) in [5, 5.41) is 4.15. The van der Waals surface area contributed by atoms with E-state index in [-0.39, 0.29) is 0 Å². The summed E-state index contributed by atoms with van der Waals surface area (Å²) in [6.45, 7) is 1.85. The minimum absolute atomic E-state index is 0.692. The highest BCUT2D eigenvalue weighted by molar-refractivity contribution is 5.79. The van der Waals surface area contributed by atoms with E-state index in [2.05, 4.69) is 10.1 Å². The molecule has 0 aliphatic carbocycles. The van der Waals surface area contributed by atoms with E-state index in [0.717, 1.165) is 22.4 Å². The Kier molecular flexibility index (Phi) is 1.83. The number of fused-ring (bicyclic) bond motifs is 1. The standard InChI is InChI=1S/C12H11N3O/c1-8-14-10-4-3-9(7-12(10)16-8)11-5-6-13-15(11)2/h3-7H,1-2H3. The van der Waals surface area contributed by atoms with Crippen molar-refractivity contribution in [1.82, 2.24) is 14.8 Å². The second-order valence-electron chi connectivity index (χ2n) is 3.76. The van der Waals surface area contributed by atoms with Crippen LogP contribution >= 0.6 is 0 Å². The Bertz CT molecular complexity index is 651. The second-order valence-corrected chi connectivity index (χ2v) is 3.76. The lowest BCUT2D eigenvalue weighted by molar-refractivity contribution is 0.561. The van der Waals surface area contributed by atoms with Crippen LogP contribution in [0.1, 0.15) is 5.89 Å². The van der Waals surface area contributed by atoms with Crippen molar-refractivity contribution in [3.8, 4) is 11.3 Å². The topological polar surface area (TPSA) is 43.9 Å². The van der Waals surface area contributed by atoms with Gasteiger partial charge in [0.05, 0.1) is 5.69 Å². The smallest absolute Gasteiger partial charge is 0.192 e. The van der Waals surface area contributed by atoms with Crippen molar-refractivity contribution in [1.29, 1.82) is 0 Å². The van der Waals surface area contributed by atoms with Gasteiger partial charge in [0.15, 0.2) is 11.5 Å². The summed E-state index contributed by atoms with van der Waals surface area (Å²) < 4.78 is 7.34. The van der Waals surface area contributed by atoms with Crippen LogP contribution in [0.4, 0.5) is 0 Å². The molecule has 2 heterocycles. The van der Waals surface area contributed by atoms with Gasteiger partial charge in [-0.25, -0.2) is 4.98 Å². The number of hydrogen-bond donors (Lipinski definition) is 0. The van der Waals surface area contributed by atoms with E-state index in [1.54, 1.807) is 6.20 Å². The lowest BCUT2D eigenvalue weighted by Gasteiger charge is -2.00. The van der Waals surface area contributed by atoms with E-state index in [4.69, 9.17) is 4.42 Å². The Labute approximate surface area is 92.5 Å². The predicted molar refractivity (Wildman–Crippen MR) is 60.9 cm³/mol. The Morgan fingerprint density at radius 2 is 2.12 bits per heavy atom. The minimum Gasteiger partial charge on any atom is -0.441 e. The van der Waals surface area contributed by atoms with Crippen molar-refractivity contribution < 1.29 is 4.42 Å². The Balaban J connectivity index is 2.22. The first kappa shape index (κ1) is 9.15. The zero-order chi connectivity index (χ0) is 11.1. The van der Waals surface area contributed by atoms with Crippen LogP contribution in [0.15, 0.2) is 34.9 Å². The van der Waals surface area contributed by atoms with E-state index >= 15 is 0 Å². The van der Waals surface area contributed by atoms with E-state index in [1.165, 1.54) is 0 Å². The van der Waals surface area contributed by atoms with Gasteiger partial charge in [0.25, 0.3) is 0 Å². The molecule has 16 heavy (non-hydrogen) atoms. The van der Waals surface area contributed by atoms with E-state index in [9.17, 15) is 0 Å². The lowest BCUT2D eigenvalue weighted by atomic mass is 10.1. The molecule has 0 aliphatic heterocycles. The fraction of sp³-hybridized carbons (Fsp3) is 0.167. The van der Waals surface area contributed by atoms with Crippen LogP contribution in [0.5, 0.6) is 0 Å². The van der Waals surface area contributed by atoms with Crippen molar-refractivity contribution in [2.45, 2.75) is 6.92 Å². The molecule has 0 amide bonds. The summed E-state index contributed by atoms with van der Waals surface area (Å²) in [5.41, 5.74) is 3.86. The molecule has 0 fully saturated rings. The van der Waals surface area contributed by atoms with Crippen LogP contribution in [0.2, 0.25) is 0 Å². The molecule has 0 aliphatic rings. The van der Waals surface area contributed by atoms with Gasteiger partial charge in [-0.15, -0.1) is 0 Å². The quantitative estimate of drug-likeness (QED) is 0.624. The lowest BCUT2D eigenvalue weighted by Crippen LogP contribution is -1.92. The highest BCUT2D eigenvalue weighted by atomic mass is 16.3. The molecule has 3 aromatic rings. The van der Waals surface area contributed by atoms with E-state index in [1.807, 2.05) is 42.9 Å². The van der Waals surface area contributed by atoms with Crippen molar-refractivity contribution in [3.63, 3.8) is 0 Å². The number of nitrogens with zero attached hydrogens (tertiary/aromatic N) is 3. The van der Waals surface area contributed by atoms with Crippen LogP contribution in [-0.4, -0.2) is 14.8 Å². The van der Waals surface area contributed by atoms with E-state index < -0.39 is 0 Å². The molecule has 0 spiro atoms. The molecule has 0 unspecified atom stereocenters. The molecule has 0 atom stereocenters. The summed E-state index contributed by atoms with van der Waals surface area (Å²) >= 11 is 0. The van der Waals surface area contributed by atoms with Gasteiger partial charge in [-0.1, -0.05) is 6.07 Å². The molecule has 2 aromatic heterocycles. The summed E-state index contributed by atoms with van der Waals surface area (Å²) in [7, 11) is 1.92. The number of rotatable bonds is 1. The molecule has 0 N–H and O–H groups in total. The molecule has 0 saturated heterocycles. The van der Waals surface area contributed by atoms with E-state index in [0.29, 0.717) is 5.89 Å². The molecule has 1 aromatic carbocycles. The zero-order valence-electron chi connectivity index (χ0n) is 9.14. The Morgan fingerprint density at radius 1 is 1.25 bits per heavy atom. The SMILES string of the molecule is Cc1nc2ccc(-c3ccnn3C)cc2o1. The highest BCUT2D eigenvalue weighted by Crippen LogP contribution is 2.24. The highest BCUT2D eigenvalue weighted by Gasteiger charge is 2.06. The first-order valence-corrected chi connectivity index (χ1v) is 5.09. The van der Waals surface area contributed by atoms with Gasteiger partial charge < -0.3 is 4.42 Å². The van der Waals surface area contributed by atoms with Gasteiger partial charge in [-0.2, -0.15) is 5.10 Å². The molecular weight excluding hydrogens is 202 g/mol. The summed E-state index contributed by atoms with van der Waals surface area (Å²) in [4.78, 5) is 4.27. The molecule has 80 valence electrons. The third-order valence-electron chi connectivity index (χ3n) is 2.61. The first-order chi connectivity index (χ1) is 7.74. The summed E-state index contributed by atoms with van der Waals surface area (Å²) in [6.07, 6.45) is 1.78. The average Bonchev–Trinajstić information content (AvgIpc) is 2.81. The van der Waals surface area contributed by atoms with Gasteiger partial charge in [0.1, 0.15) is 5.52 Å². The number of aryl methyl sites for hydroxylation is 2. The van der Waals surface area contributed by atoms with Crippen LogP contribution in [0, 0.1) is 6.92 Å². The monoisotopic (exact) mass is 213 g/mol.